The van der Waals surface area contributed by atoms with E-state index in [1.165, 1.54) is 14.2 Å². The van der Waals surface area contributed by atoms with E-state index in [1.54, 1.807) is 0 Å². The first-order chi connectivity index (χ1) is 7.18. The first-order valence-corrected chi connectivity index (χ1v) is 7.00. The van der Waals surface area contributed by atoms with Gasteiger partial charge in [-0.2, -0.15) is 0 Å². The van der Waals surface area contributed by atoms with Crippen LogP contribution in [0.2, 0.25) is 0 Å². The number of hydrogen-bond acceptors (Lipinski definition) is 3. The summed E-state index contributed by atoms with van der Waals surface area (Å²) in [4.78, 5) is 4.02. The van der Waals surface area contributed by atoms with E-state index >= 15 is 0 Å². The number of halogens is 3. The number of nitrogens with zero attached hydrogens (tertiary/aromatic N) is 1. The lowest BCUT2D eigenvalue weighted by molar-refractivity contribution is 0.188. The third kappa shape index (κ3) is 4.37. The van der Waals surface area contributed by atoms with Crippen LogP contribution >= 0.6 is 52.1 Å². The molecule has 1 aromatic rings. The summed E-state index contributed by atoms with van der Waals surface area (Å²) in [6.07, 6.45) is 0. The Morgan fingerprint density at radius 1 is 1.35 bits per heavy atom. The lowest BCUT2D eigenvalue weighted by Crippen LogP contribution is -2.44. The molecule has 0 radical (unpaired) electrons. The van der Waals surface area contributed by atoms with Crippen molar-refractivity contribution in [1.29, 1.82) is 0 Å². The second kappa shape index (κ2) is 7.97. The Kier molecular flexibility index (Phi) is 8.29. The second-order valence-electron chi connectivity index (χ2n) is 4.07. The molecule has 100 valence electrons. The molecule has 6 heteroatoms. The van der Waals surface area contributed by atoms with Crippen LogP contribution in [0.15, 0.2) is 9.85 Å². The Morgan fingerprint density at radius 3 is 2.41 bits per heavy atom. The summed E-state index contributed by atoms with van der Waals surface area (Å²) in [5, 5.41) is 3.39. The van der Waals surface area contributed by atoms with Gasteiger partial charge in [0.05, 0.1) is 3.79 Å². The zero-order valence-corrected chi connectivity index (χ0v) is 14.1. The van der Waals surface area contributed by atoms with E-state index in [0.29, 0.717) is 6.04 Å². The predicted octanol–water partition coefficient (Wildman–Crippen LogP) is 3.63. The summed E-state index contributed by atoms with van der Waals surface area (Å²) in [5.41, 5.74) is 1.36. The van der Waals surface area contributed by atoms with E-state index in [-0.39, 0.29) is 24.8 Å². The van der Waals surface area contributed by atoms with Crippen molar-refractivity contribution >= 4 is 52.1 Å². The molecule has 0 aromatic carbocycles. The topological polar surface area (TPSA) is 15.3 Å². The number of hydrogen-bond donors (Lipinski definition) is 1. The number of thiophene rings is 1. The SMILES string of the molecule is Cc1cc([C@H](C)N2CCNCC2)sc1Br.Cl.Cl. The van der Waals surface area contributed by atoms with Crippen molar-refractivity contribution < 1.29 is 0 Å². The molecule has 0 saturated carbocycles. The lowest BCUT2D eigenvalue weighted by atomic mass is 10.2. The van der Waals surface area contributed by atoms with Crippen LogP contribution in [0.1, 0.15) is 23.4 Å². The highest BCUT2D eigenvalue weighted by atomic mass is 79.9. The largest absolute Gasteiger partial charge is 0.314 e. The Balaban J connectivity index is 0.00000128. The molecule has 1 fully saturated rings. The fourth-order valence-corrected chi connectivity index (χ4v) is 3.60. The molecule has 1 N–H and O–H groups in total. The summed E-state index contributed by atoms with van der Waals surface area (Å²) in [7, 11) is 0. The van der Waals surface area contributed by atoms with Crippen LogP contribution in [0, 0.1) is 6.92 Å². The van der Waals surface area contributed by atoms with Crippen LogP contribution in [0.25, 0.3) is 0 Å². The number of aryl methyl sites for hydroxylation is 1. The second-order valence-corrected chi connectivity index (χ2v) is 6.47. The minimum absolute atomic E-state index is 0. The first kappa shape index (κ1) is 17.7. The molecule has 0 amide bonds. The van der Waals surface area contributed by atoms with Gasteiger partial charge in [-0.25, -0.2) is 0 Å². The summed E-state index contributed by atoms with van der Waals surface area (Å²) in [5.74, 6) is 0. The average molecular weight is 362 g/mol. The van der Waals surface area contributed by atoms with E-state index in [4.69, 9.17) is 0 Å². The summed E-state index contributed by atoms with van der Waals surface area (Å²) >= 11 is 5.47. The highest BCUT2D eigenvalue weighted by Gasteiger charge is 2.19. The van der Waals surface area contributed by atoms with Crippen LogP contribution in [0.3, 0.4) is 0 Å². The van der Waals surface area contributed by atoms with Gasteiger partial charge in [0.1, 0.15) is 0 Å². The maximum atomic E-state index is 3.60. The molecule has 0 aliphatic carbocycles. The number of nitrogens with one attached hydrogen (secondary N) is 1. The van der Waals surface area contributed by atoms with Gasteiger partial charge in [-0.3, -0.25) is 4.90 Å². The van der Waals surface area contributed by atoms with Crippen molar-refractivity contribution in [2.75, 3.05) is 26.2 Å². The van der Waals surface area contributed by atoms with Crippen molar-refractivity contribution in [3.05, 3.63) is 20.3 Å². The number of piperazine rings is 1. The molecule has 1 aliphatic rings. The third-order valence-electron chi connectivity index (χ3n) is 2.99. The molecule has 0 unspecified atom stereocenters. The molecule has 1 aromatic heterocycles. The third-order valence-corrected chi connectivity index (χ3v) is 5.29. The van der Waals surface area contributed by atoms with Crippen molar-refractivity contribution in [2.45, 2.75) is 19.9 Å². The Labute approximate surface area is 128 Å². The fraction of sp³-hybridized carbons (Fsp3) is 0.636. The maximum Gasteiger partial charge on any atom is 0.0731 e. The smallest absolute Gasteiger partial charge is 0.0731 e. The van der Waals surface area contributed by atoms with Gasteiger partial charge in [0.2, 0.25) is 0 Å². The highest BCUT2D eigenvalue weighted by molar-refractivity contribution is 9.11. The standard InChI is InChI=1S/C11H17BrN2S.2ClH/c1-8-7-10(15-11(8)12)9(2)14-5-3-13-4-6-14;;/h7,9,13H,3-6H2,1-2H3;2*1H/t9-;;/m0../s1. The summed E-state index contributed by atoms with van der Waals surface area (Å²) < 4.78 is 1.28. The highest BCUT2D eigenvalue weighted by Crippen LogP contribution is 2.33. The molecule has 2 nitrogen and oxygen atoms in total. The summed E-state index contributed by atoms with van der Waals surface area (Å²) in [6.45, 7) is 9.04. The van der Waals surface area contributed by atoms with Gasteiger partial charge in [0.15, 0.2) is 0 Å². The van der Waals surface area contributed by atoms with Gasteiger partial charge in [0.25, 0.3) is 0 Å². The minimum atomic E-state index is 0. The zero-order chi connectivity index (χ0) is 10.8. The molecule has 1 aliphatic heterocycles. The van der Waals surface area contributed by atoms with Crippen LogP contribution in [0.5, 0.6) is 0 Å². The normalized spacial score (nSPS) is 18.1. The van der Waals surface area contributed by atoms with Crippen LogP contribution in [-0.4, -0.2) is 31.1 Å². The molecule has 0 bridgehead atoms. The van der Waals surface area contributed by atoms with Crippen molar-refractivity contribution in [3.63, 3.8) is 0 Å². The van der Waals surface area contributed by atoms with Crippen molar-refractivity contribution in [1.82, 2.24) is 10.2 Å². The van der Waals surface area contributed by atoms with E-state index < -0.39 is 0 Å². The molecule has 1 saturated heterocycles. The minimum Gasteiger partial charge on any atom is -0.314 e. The molecule has 0 spiro atoms. The van der Waals surface area contributed by atoms with Crippen LogP contribution in [-0.2, 0) is 0 Å². The Bertz CT molecular complexity index is 321. The average Bonchev–Trinajstić information content (AvgIpc) is 2.59. The zero-order valence-electron chi connectivity index (χ0n) is 10.0. The summed E-state index contributed by atoms with van der Waals surface area (Å²) in [6, 6.07) is 2.86. The maximum absolute atomic E-state index is 3.60. The van der Waals surface area contributed by atoms with E-state index in [9.17, 15) is 0 Å². The van der Waals surface area contributed by atoms with Gasteiger partial charge < -0.3 is 5.32 Å². The molecule has 1 atom stereocenters. The lowest BCUT2D eigenvalue weighted by Gasteiger charge is -2.32. The molecule has 2 heterocycles. The first-order valence-electron chi connectivity index (χ1n) is 5.39. The van der Waals surface area contributed by atoms with Gasteiger partial charge in [0, 0.05) is 37.1 Å². The van der Waals surface area contributed by atoms with Gasteiger partial charge in [-0.1, -0.05) is 0 Å². The van der Waals surface area contributed by atoms with Gasteiger partial charge in [-0.05, 0) is 41.4 Å². The predicted molar refractivity (Wildman–Crippen MR) is 84.1 cm³/mol. The van der Waals surface area contributed by atoms with Crippen molar-refractivity contribution in [2.24, 2.45) is 0 Å². The molecule has 17 heavy (non-hydrogen) atoms. The molecule has 2 rings (SSSR count). The van der Waals surface area contributed by atoms with E-state index in [1.807, 2.05) is 11.3 Å². The van der Waals surface area contributed by atoms with Crippen molar-refractivity contribution in [3.8, 4) is 0 Å². The Morgan fingerprint density at radius 2 is 1.94 bits per heavy atom. The van der Waals surface area contributed by atoms with E-state index in [0.717, 1.165) is 26.2 Å². The number of rotatable bonds is 2. The molecular weight excluding hydrogens is 343 g/mol. The van der Waals surface area contributed by atoms with E-state index in [2.05, 4.69) is 46.1 Å². The quantitative estimate of drug-likeness (QED) is 0.865. The monoisotopic (exact) mass is 360 g/mol. The van der Waals surface area contributed by atoms with Gasteiger partial charge in [-0.15, -0.1) is 36.2 Å². The van der Waals surface area contributed by atoms with Crippen LogP contribution in [0.4, 0.5) is 0 Å². The Hall–Kier alpha value is 0.680. The van der Waals surface area contributed by atoms with Gasteiger partial charge >= 0.3 is 0 Å². The van der Waals surface area contributed by atoms with Crippen LogP contribution < -0.4 is 5.32 Å². The molecular formula is C11H19BrCl2N2S. The fourth-order valence-electron chi connectivity index (χ4n) is 1.94.